The summed E-state index contributed by atoms with van der Waals surface area (Å²) in [6, 6.07) is 6.97. The van der Waals surface area contributed by atoms with Crippen LogP contribution in [0.3, 0.4) is 0 Å². The van der Waals surface area contributed by atoms with Crippen molar-refractivity contribution in [1.29, 1.82) is 0 Å². The lowest BCUT2D eigenvalue weighted by Crippen LogP contribution is -2.27. The van der Waals surface area contributed by atoms with Crippen LogP contribution in [0.4, 0.5) is 5.69 Å². The minimum Gasteiger partial charge on any atom is -0.495 e. The molecule has 1 heterocycles. The third-order valence-electron chi connectivity index (χ3n) is 3.10. The van der Waals surface area contributed by atoms with E-state index in [1.807, 2.05) is 0 Å². The van der Waals surface area contributed by atoms with Gasteiger partial charge in [0.2, 0.25) is 0 Å². The summed E-state index contributed by atoms with van der Waals surface area (Å²) < 4.78 is 31.8. The Labute approximate surface area is 118 Å². The maximum absolute atomic E-state index is 12.7. The largest absolute Gasteiger partial charge is 0.495 e. The number of H-pyrrole nitrogens is 1. The lowest BCUT2D eigenvalue weighted by Gasteiger charge is -2.21. The molecule has 0 saturated heterocycles. The van der Waals surface area contributed by atoms with Gasteiger partial charge in [0, 0.05) is 7.05 Å². The number of anilines is 1. The molecule has 2 rings (SSSR count). The second-order valence-electron chi connectivity index (χ2n) is 4.41. The number of sulfonamides is 1. The van der Waals surface area contributed by atoms with Crippen LogP contribution >= 0.6 is 0 Å². The molecular formula is C13H17N3O3S. The minimum atomic E-state index is -3.68. The zero-order valence-corrected chi connectivity index (χ0v) is 12.7. The first kappa shape index (κ1) is 14.4. The number of aromatic amines is 1. The van der Waals surface area contributed by atoms with Crippen molar-refractivity contribution in [2.75, 3.05) is 18.5 Å². The summed E-state index contributed by atoms with van der Waals surface area (Å²) in [4.78, 5) is 0.200. The van der Waals surface area contributed by atoms with Gasteiger partial charge in [0.05, 0.1) is 24.2 Å². The fraction of sp³-hybridized carbons (Fsp3) is 0.308. The van der Waals surface area contributed by atoms with Crippen LogP contribution in [0.25, 0.3) is 0 Å². The van der Waals surface area contributed by atoms with Crippen LogP contribution in [-0.4, -0.2) is 32.8 Å². The highest BCUT2D eigenvalue weighted by molar-refractivity contribution is 7.92. The van der Waals surface area contributed by atoms with Gasteiger partial charge in [-0.25, -0.2) is 8.42 Å². The van der Waals surface area contributed by atoms with Crippen LogP contribution in [0.15, 0.2) is 29.2 Å². The van der Waals surface area contributed by atoms with Gasteiger partial charge >= 0.3 is 0 Å². The van der Waals surface area contributed by atoms with Gasteiger partial charge in [-0.2, -0.15) is 5.10 Å². The molecular weight excluding hydrogens is 278 g/mol. The number of ether oxygens (including phenoxy) is 1. The third-order valence-corrected chi connectivity index (χ3v) is 5.14. The summed E-state index contributed by atoms with van der Waals surface area (Å²) in [5.74, 6) is 0.498. The van der Waals surface area contributed by atoms with Gasteiger partial charge in [-0.15, -0.1) is 0 Å². The highest BCUT2D eigenvalue weighted by Gasteiger charge is 2.28. The molecule has 1 aromatic heterocycles. The van der Waals surface area contributed by atoms with Gasteiger partial charge in [0.25, 0.3) is 10.0 Å². The first-order valence-corrected chi connectivity index (χ1v) is 7.47. The fourth-order valence-electron chi connectivity index (χ4n) is 2.08. The van der Waals surface area contributed by atoms with Crippen LogP contribution < -0.4 is 9.04 Å². The molecule has 0 amide bonds. The molecule has 0 bridgehead atoms. The van der Waals surface area contributed by atoms with Gasteiger partial charge in [0.15, 0.2) is 0 Å². The van der Waals surface area contributed by atoms with Crippen LogP contribution in [0.5, 0.6) is 5.75 Å². The molecule has 0 unspecified atom stereocenters. The Morgan fingerprint density at radius 1 is 1.25 bits per heavy atom. The van der Waals surface area contributed by atoms with Crippen LogP contribution in [0.1, 0.15) is 11.4 Å². The van der Waals surface area contributed by atoms with E-state index in [9.17, 15) is 8.42 Å². The van der Waals surface area contributed by atoms with Crippen molar-refractivity contribution in [3.8, 4) is 5.75 Å². The molecule has 1 N–H and O–H groups in total. The van der Waals surface area contributed by atoms with E-state index in [0.29, 0.717) is 22.8 Å². The van der Waals surface area contributed by atoms with Crippen LogP contribution in [-0.2, 0) is 10.0 Å². The molecule has 0 saturated carbocycles. The van der Waals surface area contributed by atoms with E-state index in [2.05, 4.69) is 10.2 Å². The first-order valence-electron chi connectivity index (χ1n) is 6.03. The van der Waals surface area contributed by atoms with Crippen molar-refractivity contribution in [2.45, 2.75) is 18.7 Å². The number of aromatic nitrogens is 2. The van der Waals surface area contributed by atoms with Gasteiger partial charge in [0.1, 0.15) is 10.6 Å². The Kier molecular flexibility index (Phi) is 3.71. The summed E-state index contributed by atoms with van der Waals surface area (Å²) in [7, 11) is -0.676. The zero-order valence-electron chi connectivity index (χ0n) is 11.8. The lowest BCUT2D eigenvalue weighted by molar-refractivity contribution is 0.416. The number of para-hydroxylation sites is 2. The fourth-order valence-corrected chi connectivity index (χ4v) is 3.61. The number of nitrogens with one attached hydrogen (secondary N) is 1. The summed E-state index contributed by atoms with van der Waals surface area (Å²) >= 11 is 0. The smallest absolute Gasteiger partial charge is 0.267 e. The quantitative estimate of drug-likeness (QED) is 0.934. The van der Waals surface area contributed by atoms with Gasteiger partial charge in [-0.1, -0.05) is 12.1 Å². The molecule has 0 fully saturated rings. The molecule has 0 aliphatic rings. The van der Waals surface area contributed by atoms with Crippen molar-refractivity contribution < 1.29 is 13.2 Å². The minimum absolute atomic E-state index is 0.200. The Morgan fingerprint density at radius 2 is 1.90 bits per heavy atom. The van der Waals surface area contributed by atoms with Crippen molar-refractivity contribution in [2.24, 2.45) is 0 Å². The van der Waals surface area contributed by atoms with Gasteiger partial charge in [-0.3, -0.25) is 9.40 Å². The predicted octanol–water partition coefficient (Wildman–Crippen LogP) is 1.86. The molecule has 6 nitrogen and oxygen atoms in total. The maximum atomic E-state index is 12.7. The molecule has 0 aliphatic carbocycles. The van der Waals surface area contributed by atoms with Crippen molar-refractivity contribution in [3.63, 3.8) is 0 Å². The zero-order chi connectivity index (χ0) is 14.9. The SMILES string of the molecule is COc1ccccc1N(C)S(=O)(=O)c1c(C)n[nH]c1C. The number of hydrogen-bond donors (Lipinski definition) is 1. The number of hydrogen-bond acceptors (Lipinski definition) is 4. The number of methoxy groups -OCH3 is 1. The Hall–Kier alpha value is -2.02. The molecule has 2 aromatic rings. The number of rotatable bonds is 4. The molecule has 1 aromatic carbocycles. The molecule has 7 heteroatoms. The van der Waals surface area contributed by atoms with E-state index in [-0.39, 0.29) is 4.90 Å². The van der Waals surface area contributed by atoms with E-state index < -0.39 is 10.0 Å². The monoisotopic (exact) mass is 295 g/mol. The Balaban J connectivity index is 2.55. The van der Waals surface area contributed by atoms with E-state index in [1.54, 1.807) is 38.1 Å². The second-order valence-corrected chi connectivity index (χ2v) is 6.31. The van der Waals surface area contributed by atoms with Crippen molar-refractivity contribution in [1.82, 2.24) is 10.2 Å². The molecule has 0 atom stereocenters. The Morgan fingerprint density at radius 3 is 2.45 bits per heavy atom. The molecule has 0 spiro atoms. The average molecular weight is 295 g/mol. The lowest BCUT2D eigenvalue weighted by atomic mass is 10.3. The average Bonchev–Trinajstić information content (AvgIpc) is 2.77. The van der Waals surface area contributed by atoms with Crippen LogP contribution in [0, 0.1) is 13.8 Å². The van der Waals surface area contributed by atoms with Crippen LogP contribution in [0.2, 0.25) is 0 Å². The highest BCUT2D eigenvalue weighted by Crippen LogP contribution is 2.32. The standard InChI is InChI=1S/C13H17N3O3S/c1-9-13(10(2)15-14-9)20(17,18)16(3)11-7-5-6-8-12(11)19-4/h5-8H,1-4H3,(H,14,15). The third kappa shape index (κ3) is 2.24. The second kappa shape index (κ2) is 5.16. The number of benzene rings is 1. The van der Waals surface area contributed by atoms with E-state index >= 15 is 0 Å². The summed E-state index contributed by atoms with van der Waals surface area (Å²) in [5.41, 5.74) is 1.45. The Bertz CT molecular complexity index is 703. The summed E-state index contributed by atoms with van der Waals surface area (Å²) in [5, 5.41) is 6.63. The summed E-state index contributed by atoms with van der Waals surface area (Å²) in [6.07, 6.45) is 0. The molecule has 20 heavy (non-hydrogen) atoms. The van der Waals surface area contributed by atoms with Gasteiger partial charge < -0.3 is 4.74 Å². The predicted molar refractivity (Wildman–Crippen MR) is 76.6 cm³/mol. The first-order chi connectivity index (χ1) is 9.39. The van der Waals surface area contributed by atoms with E-state index in [1.165, 1.54) is 18.5 Å². The van der Waals surface area contributed by atoms with Crippen molar-refractivity contribution in [3.05, 3.63) is 35.7 Å². The normalized spacial score (nSPS) is 11.4. The van der Waals surface area contributed by atoms with Gasteiger partial charge in [-0.05, 0) is 26.0 Å². The number of nitrogens with zero attached hydrogens (tertiary/aromatic N) is 2. The van der Waals surface area contributed by atoms with E-state index in [0.717, 1.165) is 0 Å². The molecule has 0 radical (unpaired) electrons. The maximum Gasteiger partial charge on any atom is 0.267 e. The highest BCUT2D eigenvalue weighted by atomic mass is 32.2. The molecule has 0 aliphatic heterocycles. The molecule has 108 valence electrons. The summed E-state index contributed by atoms with van der Waals surface area (Å²) in [6.45, 7) is 3.34. The number of aryl methyl sites for hydroxylation is 2. The van der Waals surface area contributed by atoms with E-state index in [4.69, 9.17) is 4.74 Å². The topological polar surface area (TPSA) is 75.3 Å². The van der Waals surface area contributed by atoms with Crippen molar-refractivity contribution >= 4 is 15.7 Å².